The topological polar surface area (TPSA) is 63.6 Å². The summed E-state index contributed by atoms with van der Waals surface area (Å²) in [4.78, 5) is 22.6. The normalized spacial score (nSPS) is 11.3. The van der Waals surface area contributed by atoms with E-state index in [1.807, 2.05) is 0 Å². The third-order valence-electron chi connectivity index (χ3n) is 2.18. The highest BCUT2D eigenvalue weighted by atomic mass is 16.5. The van der Waals surface area contributed by atoms with Crippen molar-refractivity contribution >= 4 is 11.9 Å². The average Bonchev–Trinajstić information content (AvgIpc) is 2.30. The number of benzene rings is 1. The number of rotatable bonds is 5. The third-order valence-corrected chi connectivity index (χ3v) is 2.18. The predicted octanol–water partition coefficient (Wildman–Crippen LogP) is 2.10. The van der Waals surface area contributed by atoms with Crippen molar-refractivity contribution in [2.45, 2.75) is 5.92 Å². The molecule has 88 valence electrons. The van der Waals surface area contributed by atoms with Crippen LogP contribution >= 0.6 is 0 Å². The average molecular weight is 232 g/mol. The van der Waals surface area contributed by atoms with Gasteiger partial charge in [-0.2, -0.15) is 0 Å². The van der Waals surface area contributed by atoms with Crippen LogP contribution < -0.4 is 0 Å². The molecule has 0 aliphatic heterocycles. The summed E-state index contributed by atoms with van der Waals surface area (Å²) in [5.74, 6) is -3.05. The monoisotopic (exact) mass is 232 g/mol. The lowest BCUT2D eigenvalue weighted by Crippen LogP contribution is -2.19. The second kappa shape index (κ2) is 5.65. The molecule has 0 saturated carbocycles. The van der Waals surface area contributed by atoms with Crippen molar-refractivity contribution < 1.29 is 19.4 Å². The Labute approximate surface area is 98.8 Å². The lowest BCUT2D eigenvalue weighted by atomic mass is 9.92. The Kier molecular flexibility index (Phi) is 4.22. The molecule has 1 rings (SSSR count). The van der Waals surface area contributed by atoms with E-state index in [2.05, 4.69) is 17.9 Å². The molecule has 0 aliphatic carbocycles. The second-order valence-electron chi connectivity index (χ2n) is 3.28. The van der Waals surface area contributed by atoms with Crippen LogP contribution in [0.1, 0.15) is 11.5 Å². The van der Waals surface area contributed by atoms with Crippen molar-refractivity contribution in [3.05, 3.63) is 60.9 Å². The maximum absolute atomic E-state index is 11.4. The maximum Gasteiger partial charge on any atom is 0.339 e. The van der Waals surface area contributed by atoms with Gasteiger partial charge in [0.05, 0.1) is 6.26 Å². The quantitative estimate of drug-likeness (QED) is 0.479. The molecule has 0 bridgehead atoms. The van der Waals surface area contributed by atoms with Crippen molar-refractivity contribution in [2.24, 2.45) is 0 Å². The van der Waals surface area contributed by atoms with Gasteiger partial charge in [-0.3, -0.25) is 4.79 Å². The van der Waals surface area contributed by atoms with Crippen LogP contribution in [-0.2, 0) is 14.3 Å². The first-order valence-electron chi connectivity index (χ1n) is 4.86. The second-order valence-corrected chi connectivity index (χ2v) is 3.28. The summed E-state index contributed by atoms with van der Waals surface area (Å²) < 4.78 is 4.52. The molecule has 0 saturated heterocycles. The van der Waals surface area contributed by atoms with E-state index in [4.69, 9.17) is 5.11 Å². The highest BCUT2D eigenvalue weighted by Crippen LogP contribution is 2.24. The minimum Gasteiger partial charge on any atom is -0.481 e. The van der Waals surface area contributed by atoms with Gasteiger partial charge in [-0.15, -0.1) is 0 Å². The van der Waals surface area contributed by atoms with Gasteiger partial charge in [-0.05, 0) is 5.56 Å². The van der Waals surface area contributed by atoms with Crippen LogP contribution in [0.15, 0.2) is 55.3 Å². The van der Waals surface area contributed by atoms with Gasteiger partial charge in [-0.1, -0.05) is 43.5 Å². The van der Waals surface area contributed by atoms with Crippen LogP contribution in [0.25, 0.3) is 0 Å². The van der Waals surface area contributed by atoms with Crippen LogP contribution in [0.2, 0.25) is 0 Å². The first kappa shape index (κ1) is 12.7. The largest absolute Gasteiger partial charge is 0.481 e. The summed E-state index contributed by atoms with van der Waals surface area (Å²) in [5, 5.41) is 9.12. The van der Waals surface area contributed by atoms with Gasteiger partial charge >= 0.3 is 11.9 Å². The molecule has 0 aromatic heterocycles. The number of carboxylic acids is 1. The first-order chi connectivity index (χ1) is 8.07. The third kappa shape index (κ3) is 3.04. The van der Waals surface area contributed by atoms with Gasteiger partial charge < -0.3 is 9.84 Å². The number of carbonyl (C=O) groups excluding carboxylic acids is 1. The maximum atomic E-state index is 11.4. The van der Waals surface area contributed by atoms with E-state index in [0.717, 1.165) is 6.26 Å². The zero-order valence-corrected chi connectivity index (χ0v) is 9.13. The molecule has 1 aromatic rings. The van der Waals surface area contributed by atoms with Crippen molar-refractivity contribution in [2.75, 3.05) is 0 Å². The van der Waals surface area contributed by atoms with E-state index in [0.29, 0.717) is 5.56 Å². The fourth-order valence-electron chi connectivity index (χ4n) is 1.41. The van der Waals surface area contributed by atoms with Gasteiger partial charge in [0, 0.05) is 5.57 Å². The van der Waals surface area contributed by atoms with Crippen LogP contribution in [0, 0.1) is 0 Å². The molecule has 0 fully saturated rings. The summed E-state index contributed by atoms with van der Waals surface area (Å²) in [6, 6.07) is 8.37. The molecule has 4 heteroatoms. The predicted molar refractivity (Wildman–Crippen MR) is 62.2 cm³/mol. The Morgan fingerprint density at radius 2 is 1.88 bits per heavy atom. The van der Waals surface area contributed by atoms with Crippen molar-refractivity contribution in [3.63, 3.8) is 0 Å². The zero-order valence-electron chi connectivity index (χ0n) is 9.13. The van der Waals surface area contributed by atoms with Gasteiger partial charge in [0.2, 0.25) is 0 Å². The molecule has 0 aliphatic rings. The number of ether oxygens (including phenoxy) is 1. The summed E-state index contributed by atoms with van der Waals surface area (Å²) in [5.41, 5.74) is 0.342. The molecular formula is C13H12O4. The first-order valence-corrected chi connectivity index (χ1v) is 4.86. The molecule has 0 heterocycles. The van der Waals surface area contributed by atoms with Crippen molar-refractivity contribution in [1.82, 2.24) is 0 Å². The van der Waals surface area contributed by atoms with Crippen LogP contribution in [0.4, 0.5) is 0 Å². The van der Waals surface area contributed by atoms with Gasteiger partial charge in [0.1, 0.15) is 5.92 Å². The Bertz CT molecular complexity index is 448. The SMILES string of the molecule is C=COC(=O)C(=C)C(C(=O)O)c1ccccc1. The summed E-state index contributed by atoms with van der Waals surface area (Å²) in [6.07, 6.45) is 0.942. The number of hydrogen-bond donors (Lipinski definition) is 1. The van der Waals surface area contributed by atoms with E-state index >= 15 is 0 Å². The van der Waals surface area contributed by atoms with E-state index in [1.54, 1.807) is 30.3 Å². The van der Waals surface area contributed by atoms with Gasteiger partial charge in [-0.25, -0.2) is 4.79 Å². The summed E-state index contributed by atoms with van der Waals surface area (Å²) >= 11 is 0. The van der Waals surface area contributed by atoms with E-state index in [1.165, 1.54) is 0 Å². The molecule has 0 spiro atoms. The number of aliphatic carboxylic acids is 1. The molecule has 1 unspecified atom stereocenters. The number of hydrogen-bond acceptors (Lipinski definition) is 3. The van der Waals surface area contributed by atoms with Crippen molar-refractivity contribution in [3.8, 4) is 0 Å². The standard InChI is InChI=1S/C13H12O4/c1-3-17-13(16)9(2)11(12(14)15)10-7-5-4-6-8-10/h3-8,11H,1-2H2,(H,14,15). The number of esters is 1. The molecule has 1 aromatic carbocycles. The molecule has 17 heavy (non-hydrogen) atoms. The van der Waals surface area contributed by atoms with Gasteiger partial charge in [0.25, 0.3) is 0 Å². The fourth-order valence-corrected chi connectivity index (χ4v) is 1.41. The Morgan fingerprint density at radius 3 is 2.35 bits per heavy atom. The molecule has 1 atom stereocenters. The van der Waals surface area contributed by atoms with Crippen LogP contribution in [-0.4, -0.2) is 17.0 Å². The van der Waals surface area contributed by atoms with E-state index in [9.17, 15) is 9.59 Å². The Hall–Kier alpha value is -2.36. The highest BCUT2D eigenvalue weighted by Gasteiger charge is 2.28. The minimum atomic E-state index is -1.15. The lowest BCUT2D eigenvalue weighted by Gasteiger charge is -2.13. The Balaban J connectivity index is 3.03. The fraction of sp³-hybridized carbons (Fsp3) is 0.0769. The molecule has 0 amide bonds. The molecular weight excluding hydrogens is 220 g/mol. The molecule has 1 N–H and O–H groups in total. The highest BCUT2D eigenvalue weighted by molar-refractivity contribution is 5.97. The van der Waals surface area contributed by atoms with Crippen LogP contribution in [0.3, 0.4) is 0 Å². The number of carbonyl (C=O) groups is 2. The van der Waals surface area contributed by atoms with E-state index in [-0.39, 0.29) is 5.57 Å². The van der Waals surface area contributed by atoms with E-state index < -0.39 is 17.9 Å². The number of carboxylic acid groups (broad SMARTS) is 1. The summed E-state index contributed by atoms with van der Waals surface area (Å²) in [6.45, 7) is 6.70. The Morgan fingerprint density at radius 1 is 1.29 bits per heavy atom. The van der Waals surface area contributed by atoms with Crippen molar-refractivity contribution in [1.29, 1.82) is 0 Å². The lowest BCUT2D eigenvalue weighted by molar-refractivity contribution is -0.141. The zero-order chi connectivity index (χ0) is 12.8. The van der Waals surface area contributed by atoms with Gasteiger partial charge in [0.15, 0.2) is 0 Å². The minimum absolute atomic E-state index is 0.136. The smallest absolute Gasteiger partial charge is 0.339 e. The molecule has 4 nitrogen and oxygen atoms in total. The van der Waals surface area contributed by atoms with Crippen LogP contribution in [0.5, 0.6) is 0 Å². The summed E-state index contributed by atoms with van der Waals surface area (Å²) in [7, 11) is 0. The molecule has 0 radical (unpaired) electrons.